The summed E-state index contributed by atoms with van der Waals surface area (Å²) in [5, 5.41) is 17.2. The fraction of sp³-hybridized carbons (Fsp3) is 0.556. The summed E-state index contributed by atoms with van der Waals surface area (Å²) in [5.41, 5.74) is 0. The van der Waals surface area contributed by atoms with Gasteiger partial charge >= 0.3 is 11.9 Å². The van der Waals surface area contributed by atoms with E-state index >= 15 is 0 Å². The molecule has 0 saturated carbocycles. The summed E-state index contributed by atoms with van der Waals surface area (Å²) in [6.45, 7) is 2.64. The number of hydrogen-bond donors (Lipinski definition) is 2. The maximum Gasteiger partial charge on any atom is 0.337 e. The van der Waals surface area contributed by atoms with Gasteiger partial charge in [-0.2, -0.15) is 0 Å². The molecule has 6 heteroatoms. The Kier molecular flexibility index (Phi) is 7.21. The molecule has 15 heavy (non-hydrogen) atoms. The van der Waals surface area contributed by atoms with Crippen molar-refractivity contribution < 1.29 is 29.3 Å². The molecule has 0 saturated heterocycles. The normalized spacial score (nSPS) is 11.6. The lowest BCUT2D eigenvalue weighted by Gasteiger charge is -2.07. The van der Waals surface area contributed by atoms with Gasteiger partial charge in [0, 0.05) is 12.5 Å². The molecule has 2 N–H and O–H groups in total. The van der Waals surface area contributed by atoms with Crippen molar-refractivity contribution >= 4 is 11.9 Å². The SMILES string of the molecule is C=CC(=O)OCCCOC(=O)C(O)CO. The van der Waals surface area contributed by atoms with Gasteiger partial charge in [0.25, 0.3) is 0 Å². The highest BCUT2D eigenvalue weighted by atomic mass is 16.6. The molecule has 86 valence electrons. The number of carbonyl (C=O) groups excluding carboxylic acids is 2. The summed E-state index contributed by atoms with van der Waals surface area (Å²) in [5.74, 6) is -1.44. The highest BCUT2D eigenvalue weighted by Crippen LogP contribution is 1.91. The van der Waals surface area contributed by atoms with E-state index in [1.54, 1.807) is 0 Å². The molecule has 0 spiro atoms. The second-order valence-electron chi connectivity index (χ2n) is 2.59. The van der Waals surface area contributed by atoms with Gasteiger partial charge in [-0.25, -0.2) is 9.59 Å². The highest BCUT2D eigenvalue weighted by Gasteiger charge is 2.14. The van der Waals surface area contributed by atoms with Crippen molar-refractivity contribution in [2.24, 2.45) is 0 Å². The van der Waals surface area contributed by atoms with Crippen molar-refractivity contribution in [1.82, 2.24) is 0 Å². The molecule has 0 heterocycles. The van der Waals surface area contributed by atoms with E-state index in [4.69, 9.17) is 10.2 Å². The number of aliphatic hydroxyl groups is 2. The third-order valence-electron chi connectivity index (χ3n) is 1.39. The molecule has 6 nitrogen and oxygen atoms in total. The van der Waals surface area contributed by atoms with Crippen LogP contribution >= 0.6 is 0 Å². The van der Waals surface area contributed by atoms with E-state index in [1.807, 2.05) is 0 Å². The standard InChI is InChI=1S/C9H14O6/c1-2-8(12)14-4-3-5-15-9(13)7(11)6-10/h2,7,10-11H,1,3-6H2. The molecule has 0 bridgehead atoms. The fourth-order valence-corrected chi connectivity index (χ4v) is 0.634. The molecule has 0 fully saturated rings. The Morgan fingerprint density at radius 3 is 2.47 bits per heavy atom. The Balaban J connectivity index is 3.42. The molecule has 1 atom stereocenters. The van der Waals surface area contributed by atoms with Gasteiger partial charge in [0.15, 0.2) is 6.10 Å². The van der Waals surface area contributed by atoms with Gasteiger partial charge in [-0.3, -0.25) is 0 Å². The smallest absolute Gasteiger partial charge is 0.337 e. The second-order valence-corrected chi connectivity index (χ2v) is 2.59. The lowest BCUT2D eigenvalue weighted by molar-refractivity contribution is -0.156. The molecular weight excluding hydrogens is 204 g/mol. The van der Waals surface area contributed by atoms with E-state index in [0.717, 1.165) is 6.08 Å². The molecule has 0 amide bonds. The summed E-state index contributed by atoms with van der Waals surface area (Å²) < 4.78 is 9.14. The number of ether oxygens (including phenoxy) is 2. The van der Waals surface area contributed by atoms with E-state index in [9.17, 15) is 9.59 Å². The zero-order chi connectivity index (χ0) is 11.7. The molecule has 0 aliphatic carbocycles. The number of rotatable bonds is 7. The average Bonchev–Trinajstić information content (AvgIpc) is 2.26. The maximum atomic E-state index is 10.8. The van der Waals surface area contributed by atoms with Gasteiger partial charge in [0.05, 0.1) is 19.8 Å². The highest BCUT2D eigenvalue weighted by molar-refractivity contribution is 5.81. The average molecular weight is 218 g/mol. The van der Waals surface area contributed by atoms with Crippen LogP contribution < -0.4 is 0 Å². The van der Waals surface area contributed by atoms with Crippen LogP contribution in [0.25, 0.3) is 0 Å². The minimum atomic E-state index is -1.51. The van der Waals surface area contributed by atoms with E-state index in [2.05, 4.69) is 16.1 Å². The number of aliphatic hydroxyl groups excluding tert-OH is 2. The van der Waals surface area contributed by atoms with Crippen molar-refractivity contribution in [3.05, 3.63) is 12.7 Å². The summed E-state index contributed by atoms with van der Waals surface area (Å²) in [6, 6.07) is 0. The molecule has 0 rings (SSSR count). The first-order valence-corrected chi connectivity index (χ1v) is 4.36. The zero-order valence-corrected chi connectivity index (χ0v) is 8.22. The van der Waals surface area contributed by atoms with Gasteiger partial charge in [0.1, 0.15) is 0 Å². The van der Waals surface area contributed by atoms with Crippen LogP contribution in [0.15, 0.2) is 12.7 Å². The maximum absolute atomic E-state index is 10.8. The predicted octanol–water partition coefficient (Wildman–Crippen LogP) is -0.998. The van der Waals surface area contributed by atoms with Crippen molar-refractivity contribution in [3.8, 4) is 0 Å². The molecule has 0 aliphatic heterocycles. The number of esters is 2. The number of hydrogen-bond acceptors (Lipinski definition) is 6. The van der Waals surface area contributed by atoms with Crippen LogP contribution in [0.2, 0.25) is 0 Å². The van der Waals surface area contributed by atoms with Crippen LogP contribution in [0.4, 0.5) is 0 Å². The van der Waals surface area contributed by atoms with E-state index < -0.39 is 24.6 Å². The molecule has 0 aromatic heterocycles. The van der Waals surface area contributed by atoms with Crippen LogP contribution in [0, 0.1) is 0 Å². The minimum Gasteiger partial charge on any atom is -0.464 e. The van der Waals surface area contributed by atoms with Crippen LogP contribution in [0.5, 0.6) is 0 Å². The Morgan fingerprint density at radius 1 is 1.33 bits per heavy atom. The first kappa shape index (κ1) is 13.6. The quantitative estimate of drug-likeness (QED) is 0.323. The molecular formula is C9H14O6. The number of carbonyl (C=O) groups is 2. The van der Waals surface area contributed by atoms with Gasteiger partial charge < -0.3 is 19.7 Å². The van der Waals surface area contributed by atoms with Gasteiger partial charge in [-0.15, -0.1) is 0 Å². The first-order chi connectivity index (χ1) is 7.11. The van der Waals surface area contributed by atoms with E-state index in [0.29, 0.717) is 6.42 Å². The van der Waals surface area contributed by atoms with Crippen LogP contribution in [0.3, 0.4) is 0 Å². The van der Waals surface area contributed by atoms with Gasteiger partial charge in [0.2, 0.25) is 0 Å². The molecule has 0 aromatic carbocycles. The Bertz CT molecular complexity index is 225. The molecule has 0 aromatic rings. The largest absolute Gasteiger partial charge is 0.464 e. The summed E-state index contributed by atoms with van der Waals surface area (Å²) in [4.78, 5) is 21.3. The van der Waals surface area contributed by atoms with Crippen molar-refractivity contribution in [3.63, 3.8) is 0 Å². The summed E-state index contributed by atoms with van der Waals surface area (Å²) >= 11 is 0. The first-order valence-electron chi connectivity index (χ1n) is 4.36. The molecule has 0 radical (unpaired) electrons. The van der Waals surface area contributed by atoms with Gasteiger partial charge in [-0.1, -0.05) is 6.58 Å². The predicted molar refractivity (Wildman–Crippen MR) is 49.8 cm³/mol. The van der Waals surface area contributed by atoms with E-state index in [1.165, 1.54) is 0 Å². The van der Waals surface area contributed by atoms with E-state index in [-0.39, 0.29) is 13.2 Å². The Hall–Kier alpha value is -1.40. The summed E-state index contributed by atoms with van der Waals surface area (Å²) in [7, 11) is 0. The van der Waals surface area contributed by atoms with Crippen LogP contribution in [-0.2, 0) is 19.1 Å². The summed E-state index contributed by atoms with van der Waals surface area (Å²) in [6.07, 6.45) is -0.161. The zero-order valence-electron chi connectivity index (χ0n) is 8.22. The minimum absolute atomic E-state index is 0.0142. The lowest BCUT2D eigenvalue weighted by atomic mass is 10.4. The Labute approximate surface area is 87.1 Å². The van der Waals surface area contributed by atoms with Gasteiger partial charge in [-0.05, 0) is 0 Å². The monoisotopic (exact) mass is 218 g/mol. The van der Waals surface area contributed by atoms with Crippen molar-refractivity contribution in [2.75, 3.05) is 19.8 Å². The third kappa shape index (κ3) is 6.64. The fourth-order valence-electron chi connectivity index (χ4n) is 0.634. The van der Waals surface area contributed by atoms with Crippen molar-refractivity contribution in [2.45, 2.75) is 12.5 Å². The second kappa shape index (κ2) is 7.95. The molecule has 1 unspecified atom stereocenters. The Morgan fingerprint density at radius 2 is 1.93 bits per heavy atom. The van der Waals surface area contributed by atoms with Crippen LogP contribution in [-0.4, -0.2) is 48.1 Å². The van der Waals surface area contributed by atoms with Crippen LogP contribution in [0.1, 0.15) is 6.42 Å². The topological polar surface area (TPSA) is 93.1 Å². The lowest BCUT2D eigenvalue weighted by Crippen LogP contribution is -2.27. The molecule has 0 aliphatic rings. The third-order valence-corrected chi connectivity index (χ3v) is 1.39. The van der Waals surface area contributed by atoms with Crippen molar-refractivity contribution in [1.29, 1.82) is 0 Å².